The molecular formula is C15H37NOSi2. The molecule has 0 aromatic carbocycles. The minimum absolute atomic E-state index is 0.347. The molecule has 0 saturated heterocycles. The van der Waals surface area contributed by atoms with Crippen LogP contribution in [0, 0.1) is 0 Å². The summed E-state index contributed by atoms with van der Waals surface area (Å²) in [7, 11) is -2.60. The Morgan fingerprint density at radius 3 is 1.21 bits per heavy atom. The summed E-state index contributed by atoms with van der Waals surface area (Å²) in [6.45, 7) is 15.9. The molecule has 2 nitrogen and oxygen atoms in total. The summed E-state index contributed by atoms with van der Waals surface area (Å²) in [5.41, 5.74) is 0. The van der Waals surface area contributed by atoms with E-state index in [-0.39, 0.29) is 0 Å². The number of hydrogen-bond donors (Lipinski definition) is 1. The third kappa shape index (κ3) is 4.16. The van der Waals surface area contributed by atoms with Crippen LogP contribution in [0.15, 0.2) is 0 Å². The molecule has 0 aromatic rings. The quantitative estimate of drug-likeness (QED) is 0.560. The molecule has 0 aromatic heterocycles. The SMILES string of the molecule is CC[Si](CC)(CC)N(CCCO)[Si](CC)(CC)CC. The molecule has 0 aliphatic carbocycles. The molecular weight excluding hydrogens is 266 g/mol. The van der Waals surface area contributed by atoms with Crippen molar-refractivity contribution in [2.75, 3.05) is 13.2 Å². The van der Waals surface area contributed by atoms with Crippen LogP contribution >= 0.6 is 0 Å². The Bertz CT molecular complexity index is 192. The van der Waals surface area contributed by atoms with Crippen molar-refractivity contribution in [3.8, 4) is 0 Å². The van der Waals surface area contributed by atoms with Crippen molar-refractivity contribution < 1.29 is 5.11 Å². The number of hydrogen-bond acceptors (Lipinski definition) is 2. The minimum Gasteiger partial charge on any atom is -0.396 e. The molecule has 0 saturated carbocycles. The number of aliphatic hydroxyl groups excluding tert-OH is 1. The van der Waals surface area contributed by atoms with Crippen molar-refractivity contribution in [3.05, 3.63) is 0 Å². The van der Waals surface area contributed by atoms with Gasteiger partial charge in [-0.15, -0.1) is 0 Å². The highest BCUT2D eigenvalue weighted by Crippen LogP contribution is 2.35. The van der Waals surface area contributed by atoms with Crippen LogP contribution in [0.25, 0.3) is 0 Å². The van der Waals surface area contributed by atoms with Gasteiger partial charge >= 0.3 is 0 Å². The predicted octanol–water partition coefficient (Wildman–Crippen LogP) is 4.68. The van der Waals surface area contributed by atoms with E-state index in [0.717, 1.165) is 13.0 Å². The van der Waals surface area contributed by atoms with Crippen LogP contribution in [0.3, 0.4) is 0 Å². The highest BCUT2D eigenvalue weighted by Gasteiger charge is 2.45. The average Bonchev–Trinajstić information content (AvgIpc) is 2.48. The van der Waals surface area contributed by atoms with Crippen molar-refractivity contribution in [1.82, 2.24) is 4.23 Å². The van der Waals surface area contributed by atoms with Crippen LogP contribution in [-0.4, -0.2) is 39.0 Å². The molecule has 0 aliphatic heterocycles. The van der Waals surface area contributed by atoms with Gasteiger partial charge in [-0.05, 0) is 49.2 Å². The lowest BCUT2D eigenvalue weighted by Crippen LogP contribution is -2.66. The second kappa shape index (κ2) is 9.32. The van der Waals surface area contributed by atoms with E-state index in [1.807, 2.05) is 0 Å². The monoisotopic (exact) mass is 303 g/mol. The first-order valence-electron chi connectivity index (χ1n) is 8.44. The van der Waals surface area contributed by atoms with E-state index in [2.05, 4.69) is 45.8 Å². The maximum atomic E-state index is 9.29. The van der Waals surface area contributed by atoms with E-state index < -0.39 is 16.5 Å². The molecule has 0 heterocycles. The maximum Gasteiger partial charge on any atom is 0.120 e. The summed E-state index contributed by atoms with van der Waals surface area (Å²) in [6, 6.07) is 8.25. The van der Waals surface area contributed by atoms with E-state index in [1.165, 1.54) is 36.3 Å². The third-order valence-corrected chi connectivity index (χ3v) is 19.1. The Balaban J connectivity index is 5.49. The van der Waals surface area contributed by atoms with Crippen molar-refractivity contribution in [1.29, 1.82) is 0 Å². The molecule has 0 fully saturated rings. The maximum absolute atomic E-state index is 9.29. The highest BCUT2D eigenvalue weighted by molar-refractivity contribution is 6.92. The lowest BCUT2D eigenvalue weighted by Gasteiger charge is -2.52. The Kier molecular flexibility index (Phi) is 9.49. The van der Waals surface area contributed by atoms with Crippen LogP contribution < -0.4 is 0 Å². The van der Waals surface area contributed by atoms with E-state index >= 15 is 0 Å². The molecule has 0 atom stereocenters. The zero-order valence-electron chi connectivity index (χ0n) is 14.3. The second-order valence-corrected chi connectivity index (χ2v) is 16.5. The fourth-order valence-corrected chi connectivity index (χ4v) is 17.3. The number of nitrogens with zero attached hydrogens (tertiary/aromatic N) is 1. The molecule has 0 unspecified atom stereocenters. The third-order valence-electron chi connectivity index (χ3n) is 5.63. The lowest BCUT2D eigenvalue weighted by molar-refractivity contribution is 0.280. The van der Waals surface area contributed by atoms with Gasteiger partial charge in [-0.25, -0.2) is 0 Å². The normalized spacial score (nSPS) is 13.3. The summed E-state index contributed by atoms with van der Waals surface area (Å²) < 4.78 is 3.04. The van der Waals surface area contributed by atoms with Crippen molar-refractivity contribution in [3.63, 3.8) is 0 Å². The van der Waals surface area contributed by atoms with Gasteiger partial charge in [0.1, 0.15) is 16.5 Å². The highest BCUT2D eigenvalue weighted by atomic mass is 28.4. The lowest BCUT2D eigenvalue weighted by atomic mass is 10.5. The Labute approximate surface area is 123 Å². The Hall–Kier alpha value is 0.354. The topological polar surface area (TPSA) is 23.5 Å². The van der Waals surface area contributed by atoms with Crippen LogP contribution in [0.5, 0.6) is 0 Å². The van der Waals surface area contributed by atoms with Crippen LogP contribution in [0.4, 0.5) is 0 Å². The molecule has 0 aliphatic rings. The van der Waals surface area contributed by atoms with Gasteiger partial charge in [0.05, 0.1) is 0 Å². The van der Waals surface area contributed by atoms with Crippen LogP contribution in [0.2, 0.25) is 36.3 Å². The summed E-state index contributed by atoms with van der Waals surface area (Å²) in [6.07, 6.45) is 0.962. The first-order chi connectivity index (χ1) is 9.06. The molecule has 0 spiro atoms. The number of rotatable bonds is 11. The summed E-state index contributed by atoms with van der Waals surface area (Å²) in [5, 5.41) is 9.29. The Morgan fingerprint density at radius 1 is 0.684 bits per heavy atom. The predicted molar refractivity (Wildman–Crippen MR) is 92.8 cm³/mol. The van der Waals surface area contributed by atoms with E-state index in [0.29, 0.717) is 6.61 Å². The largest absolute Gasteiger partial charge is 0.396 e. The van der Waals surface area contributed by atoms with E-state index in [4.69, 9.17) is 0 Å². The van der Waals surface area contributed by atoms with Crippen molar-refractivity contribution >= 4 is 16.5 Å². The minimum atomic E-state index is -1.30. The van der Waals surface area contributed by atoms with Crippen molar-refractivity contribution in [2.45, 2.75) is 84.2 Å². The van der Waals surface area contributed by atoms with Gasteiger partial charge in [0.15, 0.2) is 0 Å². The first kappa shape index (κ1) is 19.4. The average molecular weight is 304 g/mol. The molecule has 0 radical (unpaired) electrons. The van der Waals surface area contributed by atoms with Gasteiger partial charge in [0, 0.05) is 6.61 Å². The fourth-order valence-electron chi connectivity index (χ4n) is 3.85. The van der Waals surface area contributed by atoms with Crippen molar-refractivity contribution in [2.24, 2.45) is 0 Å². The molecule has 1 N–H and O–H groups in total. The van der Waals surface area contributed by atoms with Crippen LogP contribution in [-0.2, 0) is 0 Å². The van der Waals surface area contributed by atoms with Crippen LogP contribution in [0.1, 0.15) is 48.0 Å². The van der Waals surface area contributed by atoms with Gasteiger partial charge in [-0.1, -0.05) is 41.5 Å². The van der Waals surface area contributed by atoms with Gasteiger partial charge in [-0.2, -0.15) is 0 Å². The summed E-state index contributed by atoms with van der Waals surface area (Å²) >= 11 is 0. The second-order valence-electron chi connectivity index (χ2n) is 5.80. The Morgan fingerprint density at radius 2 is 1.00 bits per heavy atom. The summed E-state index contributed by atoms with van der Waals surface area (Å²) in [5.74, 6) is 0. The zero-order chi connectivity index (χ0) is 14.9. The molecule has 0 rings (SSSR count). The molecule has 0 bridgehead atoms. The first-order valence-corrected chi connectivity index (χ1v) is 13.6. The standard InChI is InChI=1S/C15H37NOSi2/c1-7-18(8-2,9-3)16(14-13-15-17)19(10-4,11-5)12-6/h17H,7-15H2,1-6H3. The van der Waals surface area contributed by atoms with E-state index in [9.17, 15) is 5.11 Å². The molecule has 19 heavy (non-hydrogen) atoms. The fraction of sp³-hybridized carbons (Fsp3) is 1.00. The number of aliphatic hydroxyl groups is 1. The van der Waals surface area contributed by atoms with Gasteiger partial charge in [-0.3, -0.25) is 0 Å². The van der Waals surface area contributed by atoms with Gasteiger partial charge < -0.3 is 9.34 Å². The molecule has 4 heteroatoms. The smallest absolute Gasteiger partial charge is 0.120 e. The van der Waals surface area contributed by atoms with E-state index in [1.54, 1.807) is 0 Å². The molecule has 116 valence electrons. The van der Waals surface area contributed by atoms with Gasteiger partial charge in [0.2, 0.25) is 0 Å². The molecule has 0 amide bonds. The zero-order valence-corrected chi connectivity index (χ0v) is 16.3. The summed E-state index contributed by atoms with van der Waals surface area (Å²) in [4.78, 5) is 0. The van der Waals surface area contributed by atoms with Gasteiger partial charge in [0.25, 0.3) is 0 Å².